The van der Waals surface area contributed by atoms with Crippen LogP contribution in [0.1, 0.15) is 30.5 Å². The number of nitrogens with zero attached hydrogens (tertiary/aromatic N) is 2. The summed E-state index contributed by atoms with van der Waals surface area (Å²) in [5.74, 6) is 0. The SMILES string of the molecule is Cc1ccc(C2(O)CCN(CCC3COCCO3)CC2)nc1. The first-order chi connectivity index (χ1) is 10.7. The van der Waals surface area contributed by atoms with Crippen molar-refractivity contribution < 1.29 is 14.6 Å². The number of piperidine rings is 1. The summed E-state index contributed by atoms with van der Waals surface area (Å²) < 4.78 is 11.1. The summed E-state index contributed by atoms with van der Waals surface area (Å²) in [6, 6.07) is 3.98. The average Bonchev–Trinajstić information content (AvgIpc) is 2.56. The van der Waals surface area contributed by atoms with Gasteiger partial charge in [0, 0.05) is 25.8 Å². The Morgan fingerprint density at radius 2 is 2.14 bits per heavy atom. The molecule has 0 aromatic carbocycles. The molecule has 0 radical (unpaired) electrons. The molecule has 0 saturated carbocycles. The maximum absolute atomic E-state index is 10.8. The summed E-state index contributed by atoms with van der Waals surface area (Å²) in [6.45, 7) is 6.97. The molecule has 2 fully saturated rings. The predicted molar refractivity (Wildman–Crippen MR) is 83.7 cm³/mol. The molecule has 1 aromatic rings. The second-order valence-corrected chi connectivity index (χ2v) is 6.45. The Balaban J connectivity index is 1.48. The standard InChI is InChI=1S/C17H26N2O3/c1-14-2-3-16(18-12-14)17(20)5-8-19(9-6-17)7-4-15-13-21-10-11-22-15/h2-3,12,15,20H,4-11,13H2,1H3. The molecule has 0 spiro atoms. The number of aryl methyl sites for hydroxylation is 1. The Morgan fingerprint density at radius 1 is 1.32 bits per heavy atom. The minimum Gasteiger partial charge on any atom is -0.383 e. The lowest BCUT2D eigenvalue weighted by Crippen LogP contribution is -2.44. The molecule has 0 amide bonds. The molecule has 0 aliphatic carbocycles. The van der Waals surface area contributed by atoms with Gasteiger partial charge < -0.3 is 19.5 Å². The Labute approximate surface area is 132 Å². The molecular formula is C17H26N2O3. The number of aromatic nitrogens is 1. The highest BCUT2D eigenvalue weighted by atomic mass is 16.6. The van der Waals surface area contributed by atoms with Crippen molar-refractivity contribution >= 4 is 0 Å². The van der Waals surface area contributed by atoms with Crippen molar-refractivity contribution in [2.75, 3.05) is 39.5 Å². The summed E-state index contributed by atoms with van der Waals surface area (Å²) in [5, 5.41) is 10.8. The number of ether oxygens (including phenoxy) is 2. The van der Waals surface area contributed by atoms with Crippen LogP contribution in [0.25, 0.3) is 0 Å². The minimum atomic E-state index is -0.769. The minimum absolute atomic E-state index is 0.230. The zero-order chi connectivity index (χ0) is 15.4. The van der Waals surface area contributed by atoms with Crippen LogP contribution in [0.3, 0.4) is 0 Å². The van der Waals surface area contributed by atoms with E-state index in [-0.39, 0.29) is 6.10 Å². The van der Waals surface area contributed by atoms with Crippen molar-refractivity contribution in [1.82, 2.24) is 9.88 Å². The Morgan fingerprint density at radius 3 is 2.77 bits per heavy atom. The molecule has 1 N–H and O–H groups in total. The van der Waals surface area contributed by atoms with Gasteiger partial charge in [-0.3, -0.25) is 4.98 Å². The van der Waals surface area contributed by atoms with Gasteiger partial charge in [-0.15, -0.1) is 0 Å². The number of hydrogen-bond acceptors (Lipinski definition) is 5. The molecule has 3 rings (SSSR count). The summed E-state index contributed by atoms with van der Waals surface area (Å²) in [4.78, 5) is 6.82. The molecule has 2 saturated heterocycles. The molecule has 1 atom stereocenters. The van der Waals surface area contributed by atoms with Crippen LogP contribution in [-0.2, 0) is 15.1 Å². The average molecular weight is 306 g/mol. The zero-order valence-corrected chi connectivity index (χ0v) is 13.3. The van der Waals surface area contributed by atoms with Crippen LogP contribution in [0.4, 0.5) is 0 Å². The fraction of sp³-hybridized carbons (Fsp3) is 0.706. The van der Waals surface area contributed by atoms with E-state index in [1.807, 2.05) is 25.3 Å². The van der Waals surface area contributed by atoms with Crippen LogP contribution in [0.5, 0.6) is 0 Å². The first-order valence-electron chi connectivity index (χ1n) is 8.23. The normalized spacial score (nSPS) is 26.0. The van der Waals surface area contributed by atoms with Crippen molar-refractivity contribution in [3.63, 3.8) is 0 Å². The van der Waals surface area contributed by atoms with Gasteiger partial charge in [-0.1, -0.05) is 6.07 Å². The summed E-state index contributed by atoms with van der Waals surface area (Å²) in [6.07, 6.45) is 4.55. The fourth-order valence-corrected chi connectivity index (χ4v) is 3.18. The molecule has 1 unspecified atom stereocenters. The maximum Gasteiger partial charge on any atom is 0.109 e. The Bertz CT molecular complexity index is 463. The topological polar surface area (TPSA) is 54.8 Å². The van der Waals surface area contributed by atoms with Gasteiger partial charge in [0.15, 0.2) is 0 Å². The van der Waals surface area contributed by atoms with Crippen molar-refractivity contribution in [3.8, 4) is 0 Å². The van der Waals surface area contributed by atoms with Crippen LogP contribution < -0.4 is 0 Å². The molecule has 1 aromatic heterocycles. The largest absolute Gasteiger partial charge is 0.383 e. The second kappa shape index (κ2) is 7.04. The first-order valence-corrected chi connectivity index (χ1v) is 8.23. The molecule has 3 heterocycles. The van der Waals surface area contributed by atoms with E-state index < -0.39 is 5.60 Å². The van der Waals surface area contributed by atoms with Crippen LogP contribution in [0.2, 0.25) is 0 Å². The van der Waals surface area contributed by atoms with Crippen LogP contribution >= 0.6 is 0 Å². The Kier molecular flexibility index (Phi) is 5.08. The van der Waals surface area contributed by atoms with Crippen molar-refractivity contribution in [3.05, 3.63) is 29.6 Å². The van der Waals surface area contributed by atoms with E-state index in [0.29, 0.717) is 13.2 Å². The third-order valence-electron chi connectivity index (χ3n) is 4.72. The fourth-order valence-electron chi connectivity index (χ4n) is 3.18. The number of hydrogen-bond donors (Lipinski definition) is 1. The van der Waals surface area contributed by atoms with Crippen molar-refractivity contribution in [1.29, 1.82) is 0 Å². The smallest absolute Gasteiger partial charge is 0.109 e. The van der Waals surface area contributed by atoms with Crippen LogP contribution in [0, 0.1) is 6.92 Å². The third kappa shape index (κ3) is 3.84. The van der Waals surface area contributed by atoms with Gasteiger partial charge in [0.1, 0.15) is 5.60 Å². The van der Waals surface area contributed by atoms with E-state index in [4.69, 9.17) is 9.47 Å². The highest BCUT2D eigenvalue weighted by Crippen LogP contribution is 2.31. The van der Waals surface area contributed by atoms with Gasteiger partial charge >= 0.3 is 0 Å². The quantitative estimate of drug-likeness (QED) is 0.913. The third-order valence-corrected chi connectivity index (χ3v) is 4.72. The number of pyridine rings is 1. The van der Waals surface area contributed by atoms with Gasteiger partial charge in [-0.05, 0) is 37.8 Å². The maximum atomic E-state index is 10.8. The van der Waals surface area contributed by atoms with Crippen LogP contribution in [-0.4, -0.2) is 60.5 Å². The van der Waals surface area contributed by atoms with Crippen LogP contribution in [0.15, 0.2) is 18.3 Å². The van der Waals surface area contributed by atoms with Gasteiger partial charge in [0.2, 0.25) is 0 Å². The predicted octanol–water partition coefficient (Wildman–Crippen LogP) is 1.48. The second-order valence-electron chi connectivity index (χ2n) is 6.45. The van der Waals surface area contributed by atoms with E-state index >= 15 is 0 Å². The monoisotopic (exact) mass is 306 g/mol. The van der Waals surface area contributed by atoms with Gasteiger partial charge in [-0.25, -0.2) is 0 Å². The lowest BCUT2D eigenvalue weighted by Gasteiger charge is -2.38. The van der Waals surface area contributed by atoms with Gasteiger partial charge in [0.05, 0.1) is 31.6 Å². The number of rotatable bonds is 4. The van der Waals surface area contributed by atoms with Crippen molar-refractivity contribution in [2.24, 2.45) is 0 Å². The lowest BCUT2D eigenvalue weighted by molar-refractivity contribution is -0.0951. The van der Waals surface area contributed by atoms with E-state index in [2.05, 4.69) is 9.88 Å². The molecular weight excluding hydrogens is 280 g/mol. The number of likely N-dealkylation sites (tertiary alicyclic amines) is 1. The molecule has 122 valence electrons. The summed E-state index contributed by atoms with van der Waals surface area (Å²) >= 11 is 0. The molecule has 22 heavy (non-hydrogen) atoms. The molecule has 2 aliphatic rings. The van der Waals surface area contributed by atoms with Gasteiger partial charge in [0.25, 0.3) is 0 Å². The van der Waals surface area contributed by atoms with Crippen molar-refractivity contribution in [2.45, 2.75) is 37.9 Å². The van der Waals surface area contributed by atoms with E-state index in [1.54, 1.807) is 0 Å². The highest BCUT2D eigenvalue weighted by molar-refractivity contribution is 5.18. The first kappa shape index (κ1) is 15.9. The summed E-state index contributed by atoms with van der Waals surface area (Å²) in [7, 11) is 0. The highest BCUT2D eigenvalue weighted by Gasteiger charge is 2.35. The Hall–Kier alpha value is -1.01. The molecule has 2 aliphatic heterocycles. The van der Waals surface area contributed by atoms with Gasteiger partial charge in [-0.2, -0.15) is 0 Å². The molecule has 0 bridgehead atoms. The molecule has 5 nitrogen and oxygen atoms in total. The van der Waals surface area contributed by atoms with E-state index in [0.717, 1.165) is 56.8 Å². The summed E-state index contributed by atoms with van der Waals surface area (Å²) in [5.41, 5.74) is 1.16. The number of aliphatic hydroxyl groups is 1. The van der Waals surface area contributed by atoms with E-state index in [9.17, 15) is 5.11 Å². The molecule has 5 heteroatoms. The van der Waals surface area contributed by atoms with E-state index in [1.165, 1.54) is 0 Å². The zero-order valence-electron chi connectivity index (χ0n) is 13.3. The lowest BCUT2D eigenvalue weighted by atomic mass is 9.87.